The van der Waals surface area contributed by atoms with Crippen molar-refractivity contribution < 1.29 is 14.6 Å². The number of methoxy groups -OCH3 is 1. The Morgan fingerprint density at radius 3 is 2.87 bits per heavy atom. The molecule has 0 saturated carbocycles. The number of phenolic OH excluding ortho intramolecular Hbond substituents is 1. The van der Waals surface area contributed by atoms with Gasteiger partial charge in [0.25, 0.3) is 0 Å². The number of phenols is 1. The fraction of sp³-hybridized carbons (Fsp3) is 0.318. The van der Waals surface area contributed by atoms with Gasteiger partial charge in [-0.05, 0) is 30.7 Å². The molecule has 156 valence electrons. The average molecular weight is 425 g/mol. The van der Waals surface area contributed by atoms with Crippen molar-refractivity contribution >= 4 is 17.4 Å². The van der Waals surface area contributed by atoms with Crippen LogP contribution >= 0.6 is 11.8 Å². The molecule has 0 fully saturated rings. The molecule has 2 aromatic carbocycles. The molecule has 0 aliphatic carbocycles. The largest absolute Gasteiger partial charge is 0.504 e. The zero-order valence-electron chi connectivity index (χ0n) is 17.0. The van der Waals surface area contributed by atoms with Gasteiger partial charge in [-0.1, -0.05) is 49.7 Å². The van der Waals surface area contributed by atoms with Crippen molar-refractivity contribution in [3.8, 4) is 28.6 Å². The van der Waals surface area contributed by atoms with Crippen LogP contribution in [0.25, 0.3) is 11.3 Å². The van der Waals surface area contributed by atoms with Gasteiger partial charge in [-0.15, -0.1) is 10.2 Å². The number of fused-ring (bicyclic) bond motifs is 3. The van der Waals surface area contributed by atoms with E-state index in [1.165, 1.54) is 20.0 Å². The van der Waals surface area contributed by atoms with Crippen LogP contribution in [0.4, 0.5) is 5.69 Å². The van der Waals surface area contributed by atoms with Gasteiger partial charge in [0.15, 0.2) is 23.4 Å². The number of thioether (sulfide) groups is 1. The second kappa shape index (κ2) is 9.21. The molecule has 0 spiro atoms. The van der Waals surface area contributed by atoms with Gasteiger partial charge in [-0.2, -0.15) is 4.98 Å². The highest BCUT2D eigenvalue weighted by Crippen LogP contribution is 2.40. The maximum absolute atomic E-state index is 9.94. The number of benzene rings is 2. The monoisotopic (exact) mass is 424 g/mol. The molecule has 1 aromatic heterocycles. The Kier molecular flexibility index (Phi) is 6.23. The summed E-state index contributed by atoms with van der Waals surface area (Å²) in [6.07, 6.45) is 2.94. The van der Waals surface area contributed by atoms with Crippen molar-refractivity contribution in [2.24, 2.45) is 0 Å². The smallest absolute Gasteiger partial charge is 0.247 e. The molecular formula is C22H24N4O3S. The molecule has 7 nitrogen and oxygen atoms in total. The number of unbranched alkanes of at least 4 members (excludes halogenated alkanes) is 2. The number of hydrogen-bond acceptors (Lipinski definition) is 8. The summed E-state index contributed by atoms with van der Waals surface area (Å²) in [4.78, 5) is 4.65. The lowest BCUT2D eigenvalue weighted by Gasteiger charge is -2.20. The third kappa shape index (κ3) is 4.28. The Morgan fingerprint density at radius 1 is 1.17 bits per heavy atom. The molecule has 0 amide bonds. The second-order valence-corrected chi connectivity index (χ2v) is 7.98. The molecule has 2 N–H and O–H groups in total. The van der Waals surface area contributed by atoms with Gasteiger partial charge in [-0.3, -0.25) is 0 Å². The topological polar surface area (TPSA) is 89.4 Å². The van der Waals surface area contributed by atoms with E-state index < -0.39 is 6.23 Å². The van der Waals surface area contributed by atoms with E-state index in [2.05, 4.69) is 27.4 Å². The average Bonchev–Trinajstić information content (AvgIpc) is 2.93. The highest BCUT2D eigenvalue weighted by atomic mass is 32.2. The number of aromatic hydroxyl groups is 1. The molecule has 1 aliphatic rings. The van der Waals surface area contributed by atoms with Crippen molar-refractivity contribution in [1.29, 1.82) is 0 Å². The standard InChI is InChI=1S/C22H24N4O3S/c1-3-4-7-12-30-22-24-21-19(25-26-22)15-8-5-6-9-16(15)23-20(29-21)14-10-11-17(27)18(13-14)28-2/h5-6,8-11,13,20,23,27H,3-4,7,12H2,1-2H3. The van der Waals surface area contributed by atoms with E-state index in [9.17, 15) is 5.11 Å². The minimum atomic E-state index is -0.531. The van der Waals surface area contributed by atoms with Crippen molar-refractivity contribution in [2.45, 2.75) is 37.6 Å². The maximum Gasteiger partial charge on any atom is 0.247 e. The van der Waals surface area contributed by atoms with Crippen LogP contribution in [0.5, 0.6) is 17.4 Å². The second-order valence-electron chi connectivity index (χ2n) is 6.92. The van der Waals surface area contributed by atoms with Gasteiger partial charge < -0.3 is 19.9 Å². The van der Waals surface area contributed by atoms with Crippen LogP contribution in [-0.4, -0.2) is 33.2 Å². The van der Waals surface area contributed by atoms with Crippen LogP contribution in [-0.2, 0) is 0 Å². The van der Waals surface area contributed by atoms with E-state index >= 15 is 0 Å². The molecule has 1 aliphatic heterocycles. The number of nitrogens with zero attached hydrogens (tertiary/aromatic N) is 3. The highest BCUT2D eigenvalue weighted by molar-refractivity contribution is 7.99. The highest BCUT2D eigenvalue weighted by Gasteiger charge is 2.26. The molecule has 3 aromatic rings. The Morgan fingerprint density at radius 2 is 2.03 bits per heavy atom. The third-order valence-corrected chi connectivity index (χ3v) is 5.74. The van der Waals surface area contributed by atoms with Gasteiger partial charge in [-0.25, -0.2) is 0 Å². The van der Waals surface area contributed by atoms with Gasteiger partial charge in [0, 0.05) is 22.6 Å². The molecule has 2 heterocycles. The van der Waals surface area contributed by atoms with E-state index in [0.717, 1.165) is 29.0 Å². The van der Waals surface area contributed by atoms with Gasteiger partial charge >= 0.3 is 0 Å². The Hall–Kier alpha value is -3.00. The van der Waals surface area contributed by atoms with Crippen LogP contribution in [0.1, 0.15) is 38.0 Å². The van der Waals surface area contributed by atoms with Gasteiger partial charge in [0.05, 0.1) is 7.11 Å². The van der Waals surface area contributed by atoms with Crippen LogP contribution in [0.3, 0.4) is 0 Å². The van der Waals surface area contributed by atoms with E-state index in [-0.39, 0.29) is 5.75 Å². The first-order chi connectivity index (χ1) is 14.7. The Bertz CT molecular complexity index is 1030. The molecule has 30 heavy (non-hydrogen) atoms. The summed E-state index contributed by atoms with van der Waals surface area (Å²) in [7, 11) is 1.52. The minimum absolute atomic E-state index is 0.0745. The zero-order valence-corrected chi connectivity index (χ0v) is 17.8. The molecule has 0 bridgehead atoms. The normalized spacial score (nSPS) is 14.7. The fourth-order valence-electron chi connectivity index (χ4n) is 3.23. The summed E-state index contributed by atoms with van der Waals surface area (Å²) in [6.45, 7) is 2.18. The van der Waals surface area contributed by atoms with Crippen LogP contribution in [0, 0.1) is 0 Å². The van der Waals surface area contributed by atoms with Gasteiger partial charge in [0.1, 0.15) is 0 Å². The van der Waals surface area contributed by atoms with Crippen LogP contribution < -0.4 is 14.8 Å². The summed E-state index contributed by atoms with van der Waals surface area (Å²) in [5.74, 6) is 1.83. The number of hydrogen-bond donors (Lipinski definition) is 2. The van der Waals surface area contributed by atoms with E-state index in [1.54, 1.807) is 30.0 Å². The predicted octanol–water partition coefficient (Wildman–Crippen LogP) is 5.04. The SMILES string of the molecule is CCCCCSc1nnc2c(n1)OC(c1ccc(O)c(OC)c1)Nc1ccccc1-2. The maximum atomic E-state index is 9.94. The zero-order chi connectivity index (χ0) is 20.9. The van der Waals surface area contributed by atoms with E-state index in [1.807, 2.05) is 24.3 Å². The van der Waals surface area contributed by atoms with Gasteiger partial charge in [0.2, 0.25) is 11.0 Å². The number of ether oxygens (including phenoxy) is 2. The number of para-hydroxylation sites is 1. The van der Waals surface area contributed by atoms with Crippen LogP contribution in [0.15, 0.2) is 47.6 Å². The number of aromatic nitrogens is 3. The number of anilines is 1. The molecule has 4 rings (SSSR count). The predicted molar refractivity (Wildman–Crippen MR) is 117 cm³/mol. The number of nitrogens with one attached hydrogen (secondary N) is 1. The molecule has 8 heteroatoms. The summed E-state index contributed by atoms with van der Waals surface area (Å²) < 4.78 is 11.5. The molecule has 1 atom stereocenters. The lowest BCUT2D eigenvalue weighted by Crippen LogP contribution is -2.17. The summed E-state index contributed by atoms with van der Waals surface area (Å²) >= 11 is 1.59. The molecule has 1 unspecified atom stereocenters. The minimum Gasteiger partial charge on any atom is -0.504 e. The third-order valence-electron chi connectivity index (χ3n) is 4.82. The lowest BCUT2D eigenvalue weighted by molar-refractivity contribution is 0.224. The van der Waals surface area contributed by atoms with Crippen molar-refractivity contribution in [3.63, 3.8) is 0 Å². The molecular weight excluding hydrogens is 400 g/mol. The molecule has 0 saturated heterocycles. The first-order valence-electron chi connectivity index (χ1n) is 9.96. The van der Waals surface area contributed by atoms with Crippen molar-refractivity contribution in [1.82, 2.24) is 15.2 Å². The van der Waals surface area contributed by atoms with Crippen LogP contribution in [0.2, 0.25) is 0 Å². The van der Waals surface area contributed by atoms with E-state index in [4.69, 9.17) is 9.47 Å². The first kappa shape index (κ1) is 20.3. The Labute approximate surface area is 179 Å². The summed E-state index contributed by atoms with van der Waals surface area (Å²) in [6, 6.07) is 13.0. The lowest BCUT2D eigenvalue weighted by atomic mass is 10.1. The quantitative estimate of drug-likeness (QED) is 0.403. The number of rotatable bonds is 7. The van der Waals surface area contributed by atoms with Crippen molar-refractivity contribution in [2.75, 3.05) is 18.2 Å². The summed E-state index contributed by atoms with van der Waals surface area (Å²) in [5, 5.41) is 22.7. The van der Waals surface area contributed by atoms with E-state index in [0.29, 0.717) is 22.5 Å². The summed E-state index contributed by atoms with van der Waals surface area (Å²) in [5.41, 5.74) is 3.14. The fourth-order valence-corrected chi connectivity index (χ4v) is 4.01. The van der Waals surface area contributed by atoms with Crippen molar-refractivity contribution in [3.05, 3.63) is 48.0 Å². The molecule has 0 radical (unpaired) electrons. The first-order valence-corrected chi connectivity index (χ1v) is 10.9. The Balaban J connectivity index is 1.69.